The molecule has 1 aromatic carbocycles. The van der Waals surface area contributed by atoms with Crippen molar-refractivity contribution in [1.29, 1.82) is 0 Å². The fraction of sp³-hybridized carbons (Fsp3) is 0.391. The molecule has 1 amide bonds. The normalized spacial score (nSPS) is 15.4. The van der Waals surface area contributed by atoms with Crippen LogP contribution in [-0.4, -0.2) is 43.6 Å². The second kappa shape index (κ2) is 9.17. The van der Waals surface area contributed by atoms with Crippen LogP contribution in [0.5, 0.6) is 0 Å². The Balaban J connectivity index is 1.49. The topological polar surface area (TPSA) is 75.9 Å². The molecule has 7 nitrogen and oxygen atoms in total. The van der Waals surface area contributed by atoms with Crippen LogP contribution in [-0.2, 0) is 19.5 Å². The molecule has 156 valence electrons. The van der Waals surface area contributed by atoms with Crippen LogP contribution in [0.15, 0.2) is 54.7 Å². The molecule has 30 heavy (non-hydrogen) atoms. The second-order valence-corrected chi connectivity index (χ2v) is 8.05. The molecule has 0 saturated heterocycles. The molecule has 0 aliphatic carbocycles. The number of carbonyl (C=O) groups excluding carboxylic acids is 1. The van der Waals surface area contributed by atoms with Gasteiger partial charge >= 0.3 is 0 Å². The summed E-state index contributed by atoms with van der Waals surface area (Å²) < 4.78 is 2.19. The number of benzene rings is 1. The summed E-state index contributed by atoms with van der Waals surface area (Å²) in [6.07, 6.45) is 2.47. The molecule has 0 saturated carbocycles. The first-order valence-corrected chi connectivity index (χ1v) is 10.5. The predicted molar refractivity (Wildman–Crippen MR) is 115 cm³/mol. The summed E-state index contributed by atoms with van der Waals surface area (Å²) in [5, 5.41) is 12.1. The van der Waals surface area contributed by atoms with Gasteiger partial charge in [0.1, 0.15) is 11.5 Å². The summed E-state index contributed by atoms with van der Waals surface area (Å²) in [5.41, 5.74) is 1.73. The van der Waals surface area contributed by atoms with E-state index < -0.39 is 0 Å². The van der Waals surface area contributed by atoms with Gasteiger partial charge < -0.3 is 9.88 Å². The zero-order valence-corrected chi connectivity index (χ0v) is 17.5. The van der Waals surface area contributed by atoms with Gasteiger partial charge in [-0.25, -0.2) is 0 Å². The first kappa shape index (κ1) is 20.2. The standard InChI is InChI=1S/C23H28N6O/c1-17(2)21(25-23(30)19-10-6-7-12-24-19)22-27-26-20-11-13-28(14-15-29(20)22)16-18-8-4-3-5-9-18/h3-10,12,17,21H,11,13-16H2,1-2H3,(H,25,30). The lowest BCUT2D eigenvalue weighted by atomic mass is 10.0. The largest absolute Gasteiger partial charge is 0.340 e. The van der Waals surface area contributed by atoms with E-state index in [4.69, 9.17) is 0 Å². The Morgan fingerprint density at radius 3 is 2.57 bits per heavy atom. The van der Waals surface area contributed by atoms with Crippen molar-refractivity contribution in [2.24, 2.45) is 5.92 Å². The number of hydrogen-bond acceptors (Lipinski definition) is 5. The number of carbonyl (C=O) groups is 1. The van der Waals surface area contributed by atoms with Crippen LogP contribution in [0.3, 0.4) is 0 Å². The number of hydrogen-bond donors (Lipinski definition) is 1. The van der Waals surface area contributed by atoms with E-state index in [9.17, 15) is 4.79 Å². The SMILES string of the molecule is CC(C)C(NC(=O)c1ccccn1)c1nnc2n1CCN(Cc1ccccc1)CC2. The lowest BCUT2D eigenvalue weighted by molar-refractivity contribution is 0.0916. The molecule has 1 aliphatic rings. The van der Waals surface area contributed by atoms with Crippen LogP contribution in [0, 0.1) is 5.92 Å². The molecule has 1 atom stereocenters. The Morgan fingerprint density at radius 1 is 1.03 bits per heavy atom. The quantitative estimate of drug-likeness (QED) is 0.684. The van der Waals surface area contributed by atoms with E-state index in [1.807, 2.05) is 12.1 Å². The Hall–Kier alpha value is -3.06. The van der Waals surface area contributed by atoms with Gasteiger partial charge in [0.25, 0.3) is 5.91 Å². The Morgan fingerprint density at radius 2 is 1.83 bits per heavy atom. The fourth-order valence-electron chi connectivity index (χ4n) is 3.86. The van der Waals surface area contributed by atoms with Crippen molar-refractivity contribution in [3.63, 3.8) is 0 Å². The highest BCUT2D eigenvalue weighted by Crippen LogP contribution is 2.23. The van der Waals surface area contributed by atoms with Crippen molar-refractivity contribution in [3.05, 3.63) is 77.6 Å². The highest BCUT2D eigenvalue weighted by Gasteiger charge is 2.28. The maximum Gasteiger partial charge on any atom is 0.270 e. The lowest BCUT2D eigenvalue weighted by Crippen LogP contribution is -2.34. The molecule has 4 rings (SSSR count). The molecule has 2 aromatic heterocycles. The van der Waals surface area contributed by atoms with Gasteiger partial charge in [0.2, 0.25) is 0 Å². The Bertz CT molecular complexity index is 970. The molecular formula is C23H28N6O. The van der Waals surface area contributed by atoms with E-state index in [0.717, 1.165) is 44.2 Å². The van der Waals surface area contributed by atoms with Crippen molar-refractivity contribution < 1.29 is 4.79 Å². The summed E-state index contributed by atoms with van der Waals surface area (Å²) in [6, 6.07) is 15.7. The molecule has 0 radical (unpaired) electrons. The van der Waals surface area contributed by atoms with Gasteiger partial charge in [-0.15, -0.1) is 10.2 Å². The van der Waals surface area contributed by atoms with E-state index in [1.54, 1.807) is 18.3 Å². The molecule has 0 bridgehead atoms. The molecule has 0 fully saturated rings. The summed E-state index contributed by atoms with van der Waals surface area (Å²) in [5.74, 6) is 1.80. The summed E-state index contributed by atoms with van der Waals surface area (Å²) in [6.45, 7) is 7.78. The fourth-order valence-corrected chi connectivity index (χ4v) is 3.86. The molecule has 3 heterocycles. The Labute approximate surface area is 177 Å². The predicted octanol–water partition coefficient (Wildman–Crippen LogP) is 2.86. The number of nitrogens with one attached hydrogen (secondary N) is 1. The van der Waals surface area contributed by atoms with Crippen LogP contribution < -0.4 is 5.32 Å². The van der Waals surface area contributed by atoms with E-state index in [1.165, 1.54) is 5.56 Å². The van der Waals surface area contributed by atoms with Crippen molar-refractivity contribution in [1.82, 2.24) is 30.0 Å². The Kier molecular flexibility index (Phi) is 6.18. The molecule has 7 heteroatoms. The third-order valence-corrected chi connectivity index (χ3v) is 5.53. The maximum absolute atomic E-state index is 12.7. The van der Waals surface area contributed by atoms with E-state index in [-0.39, 0.29) is 17.9 Å². The first-order chi connectivity index (χ1) is 14.6. The molecule has 3 aromatic rings. The highest BCUT2D eigenvalue weighted by molar-refractivity contribution is 5.92. The average molecular weight is 405 g/mol. The minimum Gasteiger partial charge on any atom is -0.340 e. The van der Waals surface area contributed by atoms with Crippen molar-refractivity contribution >= 4 is 5.91 Å². The molecular weight excluding hydrogens is 376 g/mol. The van der Waals surface area contributed by atoms with Crippen LogP contribution in [0.4, 0.5) is 0 Å². The van der Waals surface area contributed by atoms with Crippen LogP contribution >= 0.6 is 0 Å². The number of pyridine rings is 1. The zero-order chi connectivity index (χ0) is 20.9. The van der Waals surface area contributed by atoms with Gasteiger partial charge in [-0.3, -0.25) is 14.7 Å². The monoisotopic (exact) mass is 404 g/mol. The minimum absolute atomic E-state index is 0.176. The average Bonchev–Trinajstić information content (AvgIpc) is 3.06. The first-order valence-electron chi connectivity index (χ1n) is 10.5. The van der Waals surface area contributed by atoms with Crippen LogP contribution in [0.1, 0.15) is 47.6 Å². The van der Waals surface area contributed by atoms with Crippen LogP contribution in [0.2, 0.25) is 0 Å². The summed E-state index contributed by atoms with van der Waals surface area (Å²) in [7, 11) is 0. The number of nitrogens with zero attached hydrogens (tertiary/aromatic N) is 5. The van der Waals surface area contributed by atoms with E-state index in [2.05, 4.69) is 68.1 Å². The van der Waals surface area contributed by atoms with Crippen molar-refractivity contribution in [3.8, 4) is 0 Å². The summed E-state index contributed by atoms with van der Waals surface area (Å²) >= 11 is 0. The lowest BCUT2D eigenvalue weighted by Gasteiger charge is -2.23. The smallest absolute Gasteiger partial charge is 0.270 e. The maximum atomic E-state index is 12.7. The van der Waals surface area contributed by atoms with E-state index in [0.29, 0.717) is 5.69 Å². The second-order valence-electron chi connectivity index (χ2n) is 8.05. The molecule has 1 aliphatic heterocycles. The number of amides is 1. The van der Waals surface area contributed by atoms with Gasteiger partial charge in [0, 0.05) is 38.8 Å². The van der Waals surface area contributed by atoms with Gasteiger partial charge in [-0.05, 0) is 23.6 Å². The molecule has 1 unspecified atom stereocenters. The van der Waals surface area contributed by atoms with Crippen molar-refractivity contribution in [2.75, 3.05) is 13.1 Å². The highest BCUT2D eigenvalue weighted by atomic mass is 16.2. The van der Waals surface area contributed by atoms with Gasteiger partial charge in [-0.1, -0.05) is 50.2 Å². The number of aromatic nitrogens is 4. The van der Waals surface area contributed by atoms with Crippen molar-refractivity contribution in [2.45, 2.75) is 39.4 Å². The number of rotatable bonds is 6. The zero-order valence-electron chi connectivity index (χ0n) is 17.5. The third-order valence-electron chi connectivity index (χ3n) is 5.53. The van der Waals surface area contributed by atoms with Gasteiger partial charge in [0.15, 0.2) is 5.82 Å². The van der Waals surface area contributed by atoms with Crippen LogP contribution in [0.25, 0.3) is 0 Å². The van der Waals surface area contributed by atoms with E-state index >= 15 is 0 Å². The third kappa shape index (κ3) is 4.57. The molecule has 1 N–H and O–H groups in total. The van der Waals surface area contributed by atoms with Gasteiger partial charge in [0.05, 0.1) is 6.04 Å². The summed E-state index contributed by atoms with van der Waals surface area (Å²) in [4.78, 5) is 19.3. The molecule has 0 spiro atoms. The minimum atomic E-state index is -0.221. The number of fused-ring (bicyclic) bond motifs is 1. The van der Waals surface area contributed by atoms with Gasteiger partial charge in [-0.2, -0.15) is 0 Å².